The zero-order chi connectivity index (χ0) is 18.0. The second kappa shape index (κ2) is 7.17. The zero-order valence-corrected chi connectivity index (χ0v) is 16.0. The maximum absolute atomic E-state index is 12.2. The molecule has 7 heteroatoms. The van der Waals surface area contributed by atoms with E-state index in [1.807, 2.05) is 32.9 Å². The summed E-state index contributed by atoms with van der Waals surface area (Å²) < 4.78 is 7.11. The topological polar surface area (TPSA) is 90.1 Å². The van der Waals surface area contributed by atoms with Crippen molar-refractivity contribution in [3.63, 3.8) is 0 Å². The first-order valence-electron chi connectivity index (χ1n) is 7.54. The lowest BCUT2D eigenvalue weighted by atomic mass is 10.1. The molecule has 0 aliphatic heterocycles. The predicted molar refractivity (Wildman–Crippen MR) is 97.2 cm³/mol. The van der Waals surface area contributed by atoms with E-state index in [0.29, 0.717) is 17.0 Å². The molecule has 24 heavy (non-hydrogen) atoms. The number of rotatable bonds is 4. The van der Waals surface area contributed by atoms with Crippen LogP contribution < -0.4 is 15.8 Å². The molecule has 1 aromatic carbocycles. The lowest BCUT2D eigenvalue weighted by Crippen LogP contribution is -2.25. The Kier molecular flexibility index (Phi) is 5.43. The summed E-state index contributed by atoms with van der Waals surface area (Å²) in [5, 5.41) is 2.61. The molecule has 0 saturated carbocycles. The van der Waals surface area contributed by atoms with Gasteiger partial charge in [-0.05, 0) is 51.0 Å². The number of ether oxygens (including phenoxy) is 1. The highest BCUT2D eigenvalue weighted by molar-refractivity contribution is 9.10. The Morgan fingerprint density at radius 3 is 2.38 bits per heavy atom. The highest BCUT2D eigenvalue weighted by Gasteiger charge is 2.23. The monoisotopic (exact) mass is 392 g/mol. The number of anilines is 1. The highest BCUT2D eigenvalue weighted by Crippen LogP contribution is 2.32. The molecule has 128 valence electrons. The molecule has 2 aromatic rings. The van der Waals surface area contributed by atoms with Gasteiger partial charge in [0.25, 0.3) is 5.91 Å². The molecule has 6 nitrogen and oxygen atoms in total. The molecule has 1 amide bonds. The molecule has 1 aromatic heterocycles. The number of nitrogens with two attached hydrogens (primary N) is 1. The Morgan fingerprint density at radius 2 is 1.83 bits per heavy atom. The molecule has 0 aliphatic carbocycles. The molecule has 0 saturated heterocycles. The van der Waals surface area contributed by atoms with E-state index >= 15 is 0 Å². The summed E-state index contributed by atoms with van der Waals surface area (Å²) in [6, 6.07) is 3.96. The molecule has 0 spiro atoms. The maximum Gasteiger partial charge on any atom is 0.254 e. The number of nitrogen functional groups attached to an aromatic ring is 1. The molecule has 0 radical (unpaired) electrons. The summed E-state index contributed by atoms with van der Waals surface area (Å²) in [5.74, 6) is 0.625. The van der Waals surface area contributed by atoms with Gasteiger partial charge in [-0.3, -0.25) is 4.79 Å². The quantitative estimate of drug-likeness (QED) is 0.832. The van der Waals surface area contributed by atoms with Crippen molar-refractivity contribution in [2.45, 2.75) is 33.8 Å². The van der Waals surface area contributed by atoms with Crippen LogP contribution in [0.1, 0.15) is 45.9 Å². The fraction of sp³-hybridized carbons (Fsp3) is 0.353. The average Bonchev–Trinajstić information content (AvgIpc) is 2.49. The number of hydrogen-bond donors (Lipinski definition) is 2. The van der Waals surface area contributed by atoms with Gasteiger partial charge in [-0.25, -0.2) is 9.97 Å². The lowest BCUT2D eigenvalue weighted by Gasteiger charge is -2.21. The second-order valence-corrected chi connectivity index (χ2v) is 6.55. The van der Waals surface area contributed by atoms with Crippen molar-refractivity contribution >= 4 is 27.8 Å². The zero-order valence-electron chi connectivity index (χ0n) is 14.4. The van der Waals surface area contributed by atoms with Crippen LogP contribution in [0.3, 0.4) is 0 Å². The second-order valence-electron chi connectivity index (χ2n) is 5.64. The van der Waals surface area contributed by atoms with Gasteiger partial charge >= 0.3 is 0 Å². The van der Waals surface area contributed by atoms with Crippen molar-refractivity contribution in [3.8, 4) is 5.75 Å². The van der Waals surface area contributed by atoms with Gasteiger partial charge in [0.05, 0.1) is 17.0 Å². The summed E-state index contributed by atoms with van der Waals surface area (Å²) in [6.07, 6.45) is -0.458. The normalized spacial score (nSPS) is 11.9. The van der Waals surface area contributed by atoms with Gasteiger partial charge in [0.15, 0.2) is 0 Å². The smallest absolute Gasteiger partial charge is 0.254 e. The van der Waals surface area contributed by atoms with Crippen molar-refractivity contribution in [2.75, 3.05) is 12.8 Å². The van der Waals surface area contributed by atoms with Gasteiger partial charge < -0.3 is 15.8 Å². The molecule has 0 fully saturated rings. The Hall–Kier alpha value is -2.15. The summed E-state index contributed by atoms with van der Waals surface area (Å²) >= 11 is 3.47. The van der Waals surface area contributed by atoms with E-state index in [-0.39, 0.29) is 11.9 Å². The molecule has 1 unspecified atom stereocenters. The summed E-state index contributed by atoms with van der Waals surface area (Å²) in [6.45, 7) is 7.52. The molecular formula is C17H21BrN4O2. The Labute approximate surface area is 150 Å². The third-order valence-corrected chi connectivity index (χ3v) is 4.15. The third kappa shape index (κ3) is 3.67. The number of hydrogen-bond acceptors (Lipinski definition) is 5. The lowest BCUT2D eigenvalue weighted by molar-refractivity contribution is 0.0956. The minimum absolute atomic E-state index is 0.120. The first kappa shape index (κ1) is 18.2. The van der Waals surface area contributed by atoms with Crippen LogP contribution >= 0.6 is 15.9 Å². The van der Waals surface area contributed by atoms with Crippen molar-refractivity contribution < 1.29 is 9.53 Å². The molecular weight excluding hydrogens is 372 g/mol. The van der Waals surface area contributed by atoms with Gasteiger partial charge in [0.1, 0.15) is 11.9 Å². The highest BCUT2D eigenvalue weighted by atomic mass is 79.9. The van der Waals surface area contributed by atoms with Crippen LogP contribution in [0, 0.1) is 20.8 Å². The average molecular weight is 393 g/mol. The third-order valence-electron chi connectivity index (χ3n) is 3.69. The van der Waals surface area contributed by atoms with E-state index in [1.165, 1.54) is 0 Å². The van der Waals surface area contributed by atoms with Crippen LogP contribution in [0.5, 0.6) is 5.75 Å². The van der Waals surface area contributed by atoms with Gasteiger partial charge in [0.2, 0.25) is 5.95 Å². The summed E-state index contributed by atoms with van der Waals surface area (Å²) in [7, 11) is 1.57. The number of carbonyl (C=O) groups is 1. The van der Waals surface area contributed by atoms with E-state index < -0.39 is 6.10 Å². The number of nitrogens with one attached hydrogen (secondary N) is 1. The number of benzene rings is 1. The first-order chi connectivity index (χ1) is 11.2. The fourth-order valence-corrected chi connectivity index (χ4v) is 3.32. The number of aromatic nitrogens is 2. The van der Waals surface area contributed by atoms with Crippen LogP contribution in [-0.4, -0.2) is 22.9 Å². The van der Waals surface area contributed by atoms with Gasteiger partial charge in [-0.2, -0.15) is 0 Å². The van der Waals surface area contributed by atoms with Gasteiger partial charge in [-0.15, -0.1) is 0 Å². The molecule has 0 bridgehead atoms. The minimum Gasteiger partial charge on any atom is -0.484 e. The molecule has 2 rings (SSSR count). The fourth-order valence-electron chi connectivity index (χ4n) is 2.63. The van der Waals surface area contributed by atoms with Crippen LogP contribution in [0.4, 0.5) is 5.95 Å². The standard InChI is InChI=1S/C17H21BrN4O2/c1-8-6-12(18)7-9(2)15(8)24-11(4)14-13(16(23)20-5)10(3)21-17(19)22-14/h6-7,11H,1-5H3,(H,20,23)(H2,19,21,22). The van der Waals surface area contributed by atoms with E-state index in [0.717, 1.165) is 21.3 Å². The minimum atomic E-state index is -0.458. The van der Waals surface area contributed by atoms with Gasteiger partial charge in [0, 0.05) is 11.5 Å². The summed E-state index contributed by atoms with van der Waals surface area (Å²) in [4.78, 5) is 20.5. The van der Waals surface area contributed by atoms with Crippen molar-refractivity contribution in [2.24, 2.45) is 0 Å². The SMILES string of the molecule is CNC(=O)c1c(C)nc(N)nc1C(C)Oc1c(C)cc(Br)cc1C. The number of nitrogens with zero attached hydrogens (tertiary/aromatic N) is 2. The van der Waals surface area contributed by atoms with E-state index in [4.69, 9.17) is 10.5 Å². The van der Waals surface area contributed by atoms with Crippen LogP contribution in [0.25, 0.3) is 0 Å². The Morgan fingerprint density at radius 1 is 1.25 bits per heavy atom. The molecule has 3 N–H and O–H groups in total. The van der Waals surface area contributed by atoms with Crippen molar-refractivity contribution in [3.05, 3.63) is 44.7 Å². The van der Waals surface area contributed by atoms with E-state index in [1.54, 1.807) is 14.0 Å². The summed E-state index contributed by atoms with van der Waals surface area (Å²) in [5.41, 5.74) is 9.15. The number of amides is 1. The largest absolute Gasteiger partial charge is 0.484 e. The Bertz CT molecular complexity index is 769. The predicted octanol–water partition coefficient (Wildman–Crippen LogP) is 3.25. The van der Waals surface area contributed by atoms with Crippen molar-refractivity contribution in [1.82, 2.24) is 15.3 Å². The number of carbonyl (C=O) groups excluding carboxylic acids is 1. The van der Waals surface area contributed by atoms with Crippen molar-refractivity contribution in [1.29, 1.82) is 0 Å². The van der Waals surface area contributed by atoms with Gasteiger partial charge in [-0.1, -0.05) is 15.9 Å². The number of aryl methyl sites for hydroxylation is 3. The first-order valence-corrected chi connectivity index (χ1v) is 8.33. The van der Waals surface area contributed by atoms with Crippen LogP contribution in [-0.2, 0) is 0 Å². The van der Waals surface area contributed by atoms with E-state index in [2.05, 4.69) is 31.2 Å². The molecule has 1 atom stereocenters. The number of halogens is 1. The van der Waals surface area contributed by atoms with Crippen LogP contribution in [0.2, 0.25) is 0 Å². The van der Waals surface area contributed by atoms with E-state index in [9.17, 15) is 4.79 Å². The van der Waals surface area contributed by atoms with Crippen LogP contribution in [0.15, 0.2) is 16.6 Å². The Balaban J connectivity index is 2.47. The molecule has 0 aliphatic rings. The maximum atomic E-state index is 12.2. The molecule has 1 heterocycles.